The number of ether oxygens (including phenoxy) is 2. The zero-order valence-corrected chi connectivity index (χ0v) is 33.8. The summed E-state index contributed by atoms with van der Waals surface area (Å²) in [7, 11) is -4.28. The lowest BCUT2D eigenvalue weighted by molar-refractivity contribution is -0.153. The fraction of sp³-hybridized carbons (Fsp3) is 0.927. The van der Waals surface area contributed by atoms with Gasteiger partial charge in [0.05, 0.1) is 19.5 Å². The van der Waals surface area contributed by atoms with Gasteiger partial charge < -0.3 is 20.1 Å². The maximum Gasteiger partial charge on any atom is 0.472 e. The van der Waals surface area contributed by atoms with Gasteiger partial charge in [-0.15, -0.1) is 0 Å². The van der Waals surface area contributed by atoms with E-state index in [1.165, 1.54) is 161 Å². The number of nitrogens with two attached hydrogens (primary N) is 1. The largest absolute Gasteiger partial charge is 0.498 e. The van der Waals surface area contributed by atoms with Crippen LogP contribution in [0.15, 0.2) is 12.3 Å². The molecule has 0 amide bonds. The molecule has 298 valence electrons. The molecule has 0 aliphatic rings. The third-order valence-electron chi connectivity index (χ3n) is 9.28. The molecule has 0 bridgehead atoms. The molecule has 0 fully saturated rings. The predicted octanol–water partition coefficient (Wildman–Crippen LogP) is 12.7. The number of allylic oxidation sites excluding steroid dienone is 1. The van der Waals surface area contributed by atoms with Gasteiger partial charge in [-0.25, -0.2) is 4.57 Å². The second kappa shape index (κ2) is 39.3. The number of hydrogen-bond acceptors (Lipinski definition) is 7. The molecule has 0 aromatic heterocycles. The molecule has 0 saturated heterocycles. The highest BCUT2D eigenvalue weighted by atomic mass is 31.2. The lowest BCUT2D eigenvalue weighted by atomic mass is 10.0. The van der Waals surface area contributed by atoms with Crippen molar-refractivity contribution in [3.63, 3.8) is 0 Å². The Balaban J connectivity index is 4.04. The Morgan fingerprint density at radius 1 is 0.600 bits per heavy atom. The first-order valence-corrected chi connectivity index (χ1v) is 22.7. The van der Waals surface area contributed by atoms with Gasteiger partial charge in [-0.3, -0.25) is 13.8 Å². The average molecular weight is 732 g/mol. The molecule has 2 atom stereocenters. The number of hydrogen-bond donors (Lipinski definition) is 2. The van der Waals surface area contributed by atoms with Crippen LogP contribution < -0.4 is 5.73 Å². The van der Waals surface area contributed by atoms with E-state index >= 15 is 0 Å². The molecule has 0 aromatic carbocycles. The lowest BCUT2D eigenvalue weighted by Gasteiger charge is -2.19. The third kappa shape index (κ3) is 38.3. The quantitative estimate of drug-likeness (QED) is 0.0276. The van der Waals surface area contributed by atoms with Crippen LogP contribution in [0.1, 0.15) is 213 Å². The van der Waals surface area contributed by atoms with E-state index in [1.54, 1.807) is 6.26 Å². The van der Waals surface area contributed by atoms with Crippen LogP contribution in [0.3, 0.4) is 0 Å². The smallest absolute Gasteiger partial charge is 0.472 e. The predicted molar refractivity (Wildman–Crippen MR) is 210 cm³/mol. The summed E-state index contributed by atoms with van der Waals surface area (Å²) in [6.07, 6.45) is 41.7. The Morgan fingerprint density at radius 2 is 1.00 bits per heavy atom. The lowest BCUT2D eigenvalue weighted by Crippen LogP contribution is -2.27. The number of esters is 1. The van der Waals surface area contributed by atoms with E-state index in [-0.39, 0.29) is 32.3 Å². The summed E-state index contributed by atoms with van der Waals surface area (Å²) in [5, 5.41) is 0. The molecule has 0 saturated carbocycles. The van der Waals surface area contributed by atoms with Gasteiger partial charge in [-0.2, -0.15) is 0 Å². The van der Waals surface area contributed by atoms with Gasteiger partial charge in [-0.05, 0) is 25.3 Å². The topological polar surface area (TPSA) is 117 Å². The van der Waals surface area contributed by atoms with Gasteiger partial charge in [-0.1, -0.05) is 187 Å². The highest BCUT2D eigenvalue weighted by molar-refractivity contribution is 7.47. The minimum absolute atomic E-state index is 0.0383. The molecule has 3 N–H and O–H groups in total. The van der Waals surface area contributed by atoms with Crippen molar-refractivity contribution in [2.75, 3.05) is 26.4 Å². The normalized spacial score (nSPS) is 13.5. The Bertz CT molecular complexity index is 782. The number of unbranched alkanes of at least 4 members (excludes halogenated alkanes) is 28. The van der Waals surface area contributed by atoms with E-state index in [0.717, 1.165) is 32.1 Å². The van der Waals surface area contributed by atoms with E-state index in [4.69, 9.17) is 24.3 Å². The van der Waals surface area contributed by atoms with Crippen molar-refractivity contribution < 1.29 is 32.8 Å². The zero-order chi connectivity index (χ0) is 36.6. The second-order valence-electron chi connectivity index (χ2n) is 14.3. The third-order valence-corrected chi connectivity index (χ3v) is 10.3. The maximum absolute atomic E-state index is 12.6. The number of phosphoric acid groups is 1. The second-order valence-corrected chi connectivity index (χ2v) is 15.7. The maximum atomic E-state index is 12.6. The van der Waals surface area contributed by atoms with Gasteiger partial charge in [0.15, 0.2) is 6.10 Å². The van der Waals surface area contributed by atoms with E-state index in [2.05, 4.69) is 13.8 Å². The highest BCUT2D eigenvalue weighted by Gasteiger charge is 2.25. The zero-order valence-electron chi connectivity index (χ0n) is 32.9. The Labute approximate surface area is 309 Å². The van der Waals surface area contributed by atoms with Crippen LogP contribution in [0.5, 0.6) is 0 Å². The van der Waals surface area contributed by atoms with Crippen molar-refractivity contribution in [1.82, 2.24) is 0 Å². The molecule has 0 aliphatic carbocycles. The van der Waals surface area contributed by atoms with Crippen molar-refractivity contribution in [1.29, 1.82) is 0 Å². The Kier molecular flexibility index (Phi) is 38.6. The summed E-state index contributed by atoms with van der Waals surface area (Å²) in [5.74, 6) is -0.348. The summed E-state index contributed by atoms with van der Waals surface area (Å²) in [4.78, 5) is 22.4. The fourth-order valence-electron chi connectivity index (χ4n) is 6.14. The first-order chi connectivity index (χ1) is 24.4. The molecule has 0 aromatic rings. The molecule has 50 heavy (non-hydrogen) atoms. The molecule has 0 heterocycles. The van der Waals surface area contributed by atoms with Gasteiger partial charge in [0.1, 0.15) is 6.61 Å². The summed E-state index contributed by atoms with van der Waals surface area (Å²) in [6, 6.07) is 0. The van der Waals surface area contributed by atoms with Gasteiger partial charge in [0.25, 0.3) is 0 Å². The molecule has 2 unspecified atom stereocenters. The minimum atomic E-state index is -4.28. The van der Waals surface area contributed by atoms with Crippen LogP contribution in [-0.4, -0.2) is 43.3 Å². The summed E-state index contributed by atoms with van der Waals surface area (Å²) in [6.45, 7) is 4.27. The van der Waals surface area contributed by atoms with Crippen LogP contribution in [0.4, 0.5) is 0 Å². The fourth-order valence-corrected chi connectivity index (χ4v) is 6.91. The Hall–Kier alpha value is -0.920. The van der Waals surface area contributed by atoms with E-state index < -0.39 is 13.9 Å². The van der Waals surface area contributed by atoms with Crippen molar-refractivity contribution in [3.05, 3.63) is 12.3 Å². The highest BCUT2D eigenvalue weighted by Crippen LogP contribution is 2.43. The van der Waals surface area contributed by atoms with E-state index in [0.29, 0.717) is 6.42 Å². The number of carbonyl (C=O) groups is 1. The van der Waals surface area contributed by atoms with Crippen LogP contribution in [0, 0.1) is 0 Å². The first-order valence-electron chi connectivity index (χ1n) is 21.2. The van der Waals surface area contributed by atoms with Crippen LogP contribution in [0.25, 0.3) is 0 Å². The summed E-state index contributed by atoms with van der Waals surface area (Å²) < 4.78 is 33.1. The summed E-state index contributed by atoms with van der Waals surface area (Å²) in [5.41, 5.74) is 5.36. The van der Waals surface area contributed by atoms with Gasteiger partial charge in [0.2, 0.25) is 0 Å². The summed E-state index contributed by atoms with van der Waals surface area (Å²) >= 11 is 0. The standard InChI is InChI=1S/C41H82NO7P/c1-3-5-7-9-11-13-15-17-19-20-21-22-24-26-28-30-32-34-41(43)49-40(39-48-50(44,45)47-37-35-42)38-46-36-33-31-29-27-25-23-18-16-14-12-10-8-6-4-2/h33,36,40H,3-32,34-35,37-39,42H2,1-2H3,(H,44,45)/b36-33+. The first kappa shape index (κ1) is 49.1. The molecule has 9 heteroatoms. The van der Waals surface area contributed by atoms with Crippen molar-refractivity contribution in [3.8, 4) is 0 Å². The van der Waals surface area contributed by atoms with Gasteiger partial charge in [0, 0.05) is 13.0 Å². The molecule has 8 nitrogen and oxygen atoms in total. The molecule has 0 radical (unpaired) electrons. The van der Waals surface area contributed by atoms with Crippen LogP contribution in [0.2, 0.25) is 0 Å². The number of rotatable bonds is 41. The monoisotopic (exact) mass is 732 g/mol. The molecule has 0 spiro atoms. The average Bonchev–Trinajstić information content (AvgIpc) is 3.10. The van der Waals surface area contributed by atoms with Crippen LogP contribution in [-0.2, 0) is 27.9 Å². The minimum Gasteiger partial charge on any atom is -0.498 e. The molecule has 0 rings (SSSR count). The van der Waals surface area contributed by atoms with E-state index in [1.807, 2.05) is 6.08 Å². The van der Waals surface area contributed by atoms with E-state index in [9.17, 15) is 14.3 Å². The van der Waals surface area contributed by atoms with Crippen molar-refractivity contribution in [2.24, 2.45) is 5.73 Å². The van der Waals surface area contributed by atoms with Crippen molar-refractivity contribution >= 4 is 13.8 Å². The molecular weight excluding hydrogens is 649 g/mol. The molecule has 0 aliphatic heterocycles. The SMILES string of the molecule is CCCCCCCCCCCCCC/C=C/OCC(COP(=O)(O)OCCN)OC(=O)CCCCCCCCCCCCCCCCCCC. The van der Waals surface area contributed by atoms with Crippen LogP contribution >= 0.6 is 7.82 Å². The number of carbonyl (C=O) groups excluding carboxylic acids is 1. The molecular formula is C41H82NO7P. The number of phosphoric ester groups is 1. The Morgan fingerprint density at radius 3 is 1.42 bits per heavy atom. The van der Waals surface area contributed by atoms with Crippen molar-refractivity contribution in [2.45, 2.75) is 219 Å². The van der Waals surface area contributed by atoms with Gasteiger partial charge >= 0.3 is 13.8 Å².